The molecule has 10 amide bonds. The maximum atomic E-state index is 14.6. The van der Waals surface area contributed by atoms with Gasteiger partial charge in [0.05, 0.1) is 12.6 Å². The fourth-order valence-electron chi connectivity index (χ4n) is 9.48. The topological polar surface area (TPSA) is 468 Å². The van der Waals surface area contributed by atoms with E-state index in [9.17, 15) is 53.1 Å². The molecule has 0 aliphatic rings. The van der Waals surface area contributed by atoms with Crippen molar-refractivity contribution in [1.82, 2.24) is 47.9 Å². The second kappa shape index (κ2) is 45.1. The molecule has 22 N–H and O–H groups in total. The molecule has 496 valence electrons. The number of rotatable bonds is 48. The van der Waals surface area contributed by atoms with Crippen molar-refractivity contribution in [2.24, 2.45) is 63.1 Å². The summed E-state index contributed by atoms with van der Waals surface area (Å²) >= 11 is 0. The molecule has 0 saturated carbocycles. The first-order valence-corrected chi connectivity index (χ1v) is 31.4. The van der Waals surface area contributed by atoms with Crippen molar-refractivity contribution >= 4 is 65.0 Å². The van der Waals surface area contributed by atoms with E-state index in [1.54, 1.807) is 13.8 Å². The smallest absolute Gasteiger partial charge is 0.245 e. The third-order valence-electron chi connectivity index (χ3n) is 14.6. The summed E-state index contributed by atoms with van der Waals surface area (Å²) in [5.41, 5.74) is 34.0. The average Bonchev–Trinajstić information content (AvgIpc) is 2.02. The lowest BCUT2D eigenvalue weighted by Gasteiger charge is -2.30. The minimum atomic E-state index is -1.63. The van der Waals surface area contributed by atoms with Crippen LogP contribution in [0.5, 0.6) is 0 Å². The zero-order valence-corrected chi connectivity index (χ0v) is 53.5. The molecule has 0 bridgehead atoms. The van der Waals surface area contributed by atoms with Gasteiger partial charge in [0.1, 0.15) is 54.4 Å². The first-order chi connectivity index (χ1) is 40.6. The number of carbonyl (C=O) groups is 10. The molecule has 27 heteroatoms. The Balaban J connectivity index is 6.94. The Hall–Kier alpha value is -6.19. The van der Waals surface area contributed by atoms with Crippen LogP contribution in [0.1, 0.15) is 198 Å². The highest BCUT2D eigenvalue weighted by atomic mass is 16.3. The number of hydrogen-bond acceptors (Lipinski definition) is 15. The minimum absolute atomic E-state index is 0.0154. The monoisotopic (exact) mass is 1220 g/mol. The molecule has 0 spiro atoms. The third-order valence-corrected chi connectivity index (χ3v) is 14.6. The summed E-state index contributed by atoms with van der Waals surface area (Å²) in [6.07, 6.45) is 8.46. The van der Waals surface area contributed by atoms with Gasteiger partial charge in [0.25, 0.3) is 0 Å². The van der Waals surface area contributed by atoms with Crippen molar-refractivity contribution in [3.8, 4) is 0 Å². The Morgan fingerprint density at radius 3 is 1.14 bits per heavy atom. The molecule has 0 aromatic rings. The Kier molecular flexibility index (Phi) is 41.9. The van der Waals surface area contributed by atoms with Crippen molar-refractivity contribution in [3.63, 3.8) is 0 Å². The highest BCUT2D eigenvalue weighted by Crippen LogP contribution is 2.16. The van der Waals surface area contributed by atoms with Gasteiger partial charge in [0, 0.05) is 6.54 Å². The molecular formula is C59H114N16O11. The molecule has 0 saturated heterocycles. The van der Waals surface area contributed by atoms with Crippen LogP contribution in [0, 0.1) is 23.7 Å². The van der Waals surface area contributed by atoms with Crippen molar-refractivity contribution in [2.45, 2.75) is 258 Å². The number of aliphatic hydroxyl groups is 1. The molecule has 27 nitrogen and oxygen atoms in total. The third kappa shape index (κ3) is 34.2. The van der Waals surface area contributed by atoms with Crippen molar-refractivity contribution in [1.29, 1.82) is 0 Å². The predicted octanol–water partition coefficient (Wildman–Crippen LogP) is -0.189. The zero-order valence-electron chi connectivity index (χ0n) is 53.5. The van der Waals surface area contributed by atoms with Crippen LogP contribution in [0.3, 0.4) is 0 Å². The normalized spacial score (nSPS) is 15.2. The van der Waals surface area contributed by atoms with E-state index in [4.69, 9.17) is 34.4 Å². The van der Waals surface area contributed by atoms with Gasteiger partial charge >= 0.3 is 0 Å². The van der Waals surface area contributed by atoms with Crippen LogP contribution < -0.4 is 82.3 Å². The van der Waals surface area contributed by atoms with Crippen LogP contribution in [0.15, 0.2) is 4.99 Å². The molecule has 0 aromatic carbocycles. The summed E-state index contributed by atoms with van der Waals surface area (Å²) in [5, 5.41) is 35.2. The number of nitrogens with two attached hydrogens (primary N) is 6. The lowest BCUT2D eigenvalue weighted by atomic mass is 9.96. The van der Waals surface area contributed by atoms with E-state index in [-0.39, 0.29) is 94.8 Å². The number of primary amides is 1. The summed E-state index contributed by atoms with van der Waals surface area (Å²) in [6.45, 7) is 18.2. The second-order valence-corrected chi connectivity index (χ2v) is 24.0. The Morgan fingerprint density at radius 2 is 0.733 bits per heavy atom. The van der Waals surface area contributed by atoms with Gasteiger partial charge in [-0.3, -0.25) is 52.9 Å². The average molecular weight is 1220 g/mol. The van der Waals surface area contributed by atoms with Gasteiger partial charge in [0.15, 0.2) is 5.96 Å². The van der Waals surface area contributed by atoms with E-state index < -0.39 is 125 Å². The highest BCUT2D eigenvalue weighted by molar-refractivity contribution is 5.98. The van der Waals surface area contributed by atoms with E-state index in [0.29, 0.717) is 44.9 Å². The van der Waals surface area contributed by atoms with Gasteiger partial charge in [-0.05, 0) is 121 Å². The summed E-state index contributed by atoms with van der Waals surface area (Å²) in [6, 6.07) is -11.2. The molecular weight excluding hydrogens is 1110 g/mol. The largest absolute Gasteiger partial charge is 0.391 e. The summed E-state index contributed by atoms with van der Waals surface area (Å²) < 4.78 is 0. The maximum Gasteiger partial charge on any atom is 0.245 e. The van der Waals surface area contributed by atoms with Gasteiger partial charge in [-0.15, -0.1) is 0 Å². The summed E-state index contributed by atoms with van der Waals surface area (Å²) in [5.74, 6) is -8.42. The summed E-state index contributed by atoms with van der Waals surface area (Å²) in [7, 11) is 0. The number of aliphatic hydroxyl groups excluding tert-OH is 1. The fourth-order valence-corrected chi connectivity index (χ4v) is 9.48. The lowest BCUT2D eigenvalue weighted by Crippen LogP contribution is -2.62. The van der Waals surface area contributed by atoms with E-state index in [2.05, 4.69) is 59.8 Å². The molecule has 0 unspecified atom stereocenters. The molecule has 0 aliphatic heterocycles. The SMILES string of the molecule is CCCCCCCCC[C@H](NC(=O)[C@H](CC(C)C)NC(=O)[C@@H](NC(=O)[C@H](CCCCN)NC(=O)[C@@H](NC(=O)[C@H](CCCN=C(N)N)NC(=O)[C@H](CCCCN)NC(=O)[C@H](CC(C)C)NC(=O)[C@H](CC(C)C)NC(=O)CN)[C@@H](C)CC)[C@@H](C)O)C(N)=O. The van der Waals surface area contributed by atoms with Crippen LogP contribution in [-0.2, 0) is 47.9 Å². The van der Waals surface area contributed by atoms with Crippen LogP contribution in [0.2, 0.25) is 0 Å². The number of carbonyl (C=O) groups excluding carboxylic acids is 10. The number of unbranched alkanes of at least 4 members (excludes halogenated alkanes) is 8. The number of nitrogens with zero attached hydrogens (tertiary/aromatic N) is 1. The number of nitrogens with one attached hydrogen (secondary N) is 9. The Morgan fingerprint density at radius 1 is 0.395 bits per heavy atom. The molecule has 0 aliphatic carbocycles. The van der Waals surface area contributed by atoms with Crippen LogP contribution in [0.25, 0.3) is 0 Å². The molecule has 86 heavy (non-hydrogen) atoms. The number of amides is 10. The molecule has 0 fully saturated rings. The minimum Gasteiger partial charge on any atom is -0.391 e. The van der Waals surface area contributed by atoms with E-state index >= 15 is 0 Å². The predicted molar refractivity (Wildman–Crippen MR) is 333 cm³/mol. The van der Waals surface area contributed by atoms with Gasteiger partial charge in [-0.25, -0.2) is 0 Å². The standard InChI is InChI=1S/C59H114N16O11/c1-11-13-14-15-16-17-18-24-40(50(63)78)68-55(83)46(33-37(7)8)73-58(86)49(39(10)76)75-53(81)42(26-20-22-29-61)71-57(85)48(38(9)12-2)74-52(80)43(27-23-30-66-59(64)65)69-51(79)41(25-19-21-28-60)70-56(84)45(32-36(5)6)72-54(82)44(31-35(3)4)67-47(77)34-62/h35-46,48-49,76H,11-34,60-62H2,1-10H3,(H2,63,78)(H,67,77)(H,68,83)(H,69,79)(H,70,84)(H,71,85)(H,72,82)(H,73,86)(H,74,80)(H,75,81)(H4,64,65,66)/t38-,39+,40-,41-,42-,43-,44-,45-,46-,48-,49-/m0/s1. The Labute approximate surface area is 511 Å². The first-order valence-electron chi connectivity index (χ1n) is 31.4. The number of aliphatic imine (C=N–C) groups is 1. The van der Waals surface area contributed by atoms with Crippen molar-refractivity contribution in [3.05, 3.63) is 0 Å². The lowest BCUT2D eigenvalue weighted by molar-refractivity contribution is -0.137. The second-order valence-electron chi connectivity index (χ2n) is 24.0. The molecule has 0 aromatic heterocycles. The first kappa shape index (κ1) is 79.8. The number of guanidine groups is 1. The van der Waals surface area contributed by atoms with Gasteiger partial charge < -0.3 is 87.4 Å². The van der Waals surface area contributed by atoms with Crippen molar-refractivity contribution in [2.75, 3.05) is 26.2 Å². The van der Waals surface area contributed by atoms with Crippen LogP contribution in [0.4, 0.5) is 0 Å². The van der Waals surface area contributed by atoms with Gasteiger partial charge in [-0.2, -0.15) is 0 Å². The van der Waals surface area contributed by atoms with Crippen LogP contribution in [-0.4, -0.2) is 157 Å². The zero-order chi connectivity index (χ0) is 65.5. The maximum absolute atomic E-state index is 14.6. The summed E-state index contributed by atoms with van der Waals surface area (Å²) in [4.78, 5) is 142. The van der Waals surface area contributed by atoms with Crippen molar-refractivity contribution < 1.29 is 53.1 Å². The van der Waals surface area contributed by atoms with E-state index in [0.717, 1.165) is 38.5 Å². The quantitative estimate of drug-likeness (QED) is 0.0213. The fraction of sp³-hybridized carbons (Fsp3) is 0.814. The Bertz CT molecular complexity index is 2090. The van der Waals surface area contributed by atoms with Gasteiger partial charge in [0.2, 0.25) is 59.1 Å². The number of hydrogen-bond donors (Lipinski definition) is 16. The van der Waals surface area contributed by atoms with E-state index in [1.807, 2.05) is 41.5 Å². The van der Waals surface area contributed by atoms with Gasteiger partial charge in [-0.1, -0.05) is 114 Å². The molecule has 0 heterocycles. The van der Waals surface area contributed by atoms with E-state index in [1.165, 1.54) is 6.92 Å². The molecule has 0 rings (SSSR count). The van der Waals surface area contributed by atoms with Crippen LogP contribution >= 0.6 is 0 Å². The molecule has 0 radical (unpaired) electrons. The molecule has 11 atom stereocenters. The highest BCUT2D eigenvalue weighted by Gasteiger charge is 2.37.